The molecule has 3 rings (SSSR count). The Kier molecular flexibility index (Phi) is 3.27. The van der Waals surface area contributed by atoms with E-state index in [0.29, 0.717) is 11.4 Å². The Bertz CT molecular complexity index is 734. The molecule has 0 atom stereocenters. The first-order chi connectivity index (χ1) is 10.3. The van der Waals surface area contributed by atoms with Crippen molar-refractivity contribution in [2.75, 3.05) is 10.6 Å². The second kappa shape index (κ2) is 5.39. The summed E-state index contributed by atoms with van der Waals surface area (Å²) < 4.78 is 5.50. The number of carbonyl (C=O) groups is 1. The lowest BCUT2D eigenvalue weighted by atomic mass is 10.2. The summed E-state index contributed by atoms with van der Waals surface area (Å²) >= 11 is 0. The van der Waals surface area contributed by atoms with Gasteiger partial charge in [0.05, 0.1) is 5.69 Å². The average molecular weight is 277 g/mol. The molecule has 2 N–H and O–H groups in total. The highest BCUT2D eigenvalue weighted by Gasteiger charge is 2.24. The van der Waals surface area contributed by atoms with Crippen molar-refractivity contribution in [1.82, 2.24) is 0 Å². The maximum Gasteiger partial charge on any atom is 0.271 e. The Morgan fingerprint density at radius 2 is 1.81 bits per heavy atom. The molecule has 1 aliphatic heterocycles. The lowest BCUT2D eigenvalue weighted by Gasteiger charge is -2.06. The molecule has 0 bridgehead atoms. The first-order valence-electron chi connectivity index (χ1n) is 6.32. The smallest absolute Gasteiger partial charge is 0.271 e. The van der Waals surface area contributed by atoms with E-state index in [4.69, 9.17) is 4.74 Å². The van der Waals surface area contributed by atoms with Crippen LogP contribution in [0.15, 0.2) is 66.1 Å². The molecule has 0 spiro atoms. The number of nitrogens with zero attached hydrogens (tertiary/aromatic N) is 1. The van der Waals surface area contributed by atoms with Crippen molar-refractivity contribution < 1.29 is 9.53 Å². The van der Waals surface area contributed by atoms with Crippen LogP contribution in [0.1, 0.15) is 0 Å². The Hall–Kier alpha value is -3.26. The summed E-state index contributed by atoms with van der Waals surface area (Å²) in [5.41, 5.74) is 1.24. The van der Waals surface area contributed by atoms with Crippen molar-refractivity contribution >= 4 is 17.3 Å². The Labute approximate surface area is 121 Å². The molecular weight excluding hydrogens is 266 g/mol. The normalized spacial score (nSPS) is 14.2. The van der Waals surface area contributed by atoms with Crippen LogP contribution in [0.2, 0.25) is 0 Å². The quantitative estimate of drug-likeness (QED) is 0.654. The molecular formula is C16H11N3O2. The van der Waals surface area contributed by atoms with Gasteiger partial charge in [0.2, 0.25) is 5.88 Å². The van der Waals surface area contributed by atoms with E-state index in [1.807, 2.05) is 30.3 Å². The van der Waals surface area contributed by atoms with Crippen molar-refractivity contribution in [2.45, 2.75) is 0 Å². The summed E-state index contributed by atoms with van der Waals surface area (Å²) in [4.78, 5) is 12.2. The zero-order chi connectivity index (χ0) is 14.7. The molecule has 0 aliphatic carbocycles. The van der Waals surface area contributed by atoms with E-state index in [9.17, 15) is 10.1 Å². The Morgan fingerprint density at radius 1 is 1.10 bits per heavy atom. The molecule has 0 radical (unpaired) electrons. The molecule has 102 valence electrons. The Balaban J connectivity index is 1.85. The molecule has 0 saturated carbocycles. The molecule has 2 aromatic rings. The molecule has 21 heavy (non-hydrogen) atoms. The number of nitrogens with one attached hydrogen (secondary N) is 2. The fraction of sp³-hybridized carbons (Fsp3) is 0. The summed E-state index contributed by atoms with van der Waals surface area (Å²) in [5, 5.41) is 14.8. The summed E-state index contributed by atoms with van der Waals surface area (Å²) in [6, 6.07) is 18.1. The summed E-state index contributed by atoms with van der Waals surface area (Å²) in [6.07, 6.45) is 0. The van der Waals surface area contributed by atoms with Gasteiger partial charge >= 0.3 is 0 Å². The van der Waals surface area contributed by atoms with Gasteiger partial charge in [-0.2, -0.15) is 5.26 Å². The molecule has 1 heterocycles. The summed E-state index contributed by atoms with van der Waals surface area (Å²) in [6.45, 7) is 0. The zero-order valence-corrected chi connectivity index (χ0v) is 11.0. The number of para-hydroxylation sites is 3. The fourth-order valence-electron chi connectivity index (χ4n) is 1.95. The topological polar surface area (TPSA) is 74.2 Å². The summed E-state index contributed by atoms with van der Waals surface area (Å²) in [7, 11) is 0. The highest BCUT2D eigenvalue weighted by atomic mass is 16.5. The van der Waals surface area contributed by atoms with Gasteiger partial charge in [-0.25, -0.2) is 0 Å². The number of ether oxygens (including phenoxy) is 1. The largest absolute Gasteiger partial charge is 0.437 e. The minimum Gasteiger partial charge on any atom is -0.437 e. The molecule has 0 fully saturated rings. The molecule has 0 saturated heterocycles. The van der Waals surface area contributed by atoms with Crippen LogP contribution >= 0.6 is 0 Å². The number of nitriles is 1. The fourth-order valence-corrected chi connectivity index (χ4v) is 1.95. The third-order valence-corrected chi connectivity index (χ3v) is 2.94. The molecule has 1 amide bonds. The molecule has 1 aliphatic rings. The first-order valence-corrected chi connectivity index (χ1v) is 6.32. The van der Waals surface area contributed by atoms with E-state index in [2.05, 4.69) is 10.6 Å². The number of hydrogen-bond acceptors (Lipinski definition) is 4. The van der Waals surface area contributed by atoms with Gasteiger partial charge in [0.25, 0.3) is 5.91 Å². The minimum absolute atomic E-state index is 0.102. The first kappa shape index (κ1) is 12.8. The zero-order valence-electron chi connectivity index (χ0n) is 11.0. The van der Waals surface area contributed by atoms with Gasteiger partial charge in [-0.3, -0.25) is 4.79 Å². The monoisotopic (exact) mass is 277 g/mol. The van der Waals surface area contributed by atoms with E-state index < -0.39 is 5.91 Å². The SMILES string of the molecule is N#CC(C(=O)Nc1ccccc1)=C1Nc2ccccc2O1. The highest BCUT2D eigenvalue weighted by Crippen LogP contribution is 2.33. The van der Waals surface area contributed by atoms with E-state index in [0.717, 1.165) is 5.69 Å². The lowest BCUT2D eigenvalue weighted by molar-refractivity contribution is -0.112. The van der Waals surface area contributed by atoms with E-state index in [1.165, 1.54) is 0 Å². The highest BCUT2D eigenvalue weighted by molar-refractivity contribution is 6.07. The van der Waals surface area contributed by atoms with Crippen LogP contribution in [-0.2, 0) is 4.79 Å². The van der Waals surface area contributed by atoms with Gasteiger partial charge in [0.15, 0.2) is 11.3 Å². The third-order valence-electron chi connectivity index (χ3n) is 2.94. The van der Waals surface area contributed by atoms with Gasteiger partial charge in [-0.05, 0) is 24.3 Å². The number of hydrogen-bond donors (Lipinski definition) is 2. The van der Waals surface area contributed by atoms with Crippen molar-refractivity contribution in [3.8, 4) is 11.8 Å². The maximum atomic E-state index is 12.2. The van der Waals surface area contributed by atoms with Gasteiger partial charge in [-0.15, -0.1) is 0 Å². The lowest BCUT2D eigenvalue weighted by Crippen LogP contribution is -2.18. The van der Waals surface area contributed by atoms with Crippen LogP contribution in [0.3, 0.4) is 0 Å². The number of carbonyl (C=O) groups excluding carboxylic acids is 1. The standard InChI is InChI=1S/C16H11N3O2/c17-10-12(15(20)18-11-6-2-1-3-7-11)16-19-13-8-4-5-9-14(13)21-16/h1-9,19H,(H,18,20). The maximum absolute atomic E-state index is 12.2. The molecule has 5 heteroatoms. The van der Waals surface area contributed by atoms with Crippen molar-refractivity contribution in [3.63, 3.8) is 0 Å². The van der Waals surface area contributed by atoms with Crippen LogP contribution < -0.4 is 15.4 Å². The number of amides is 1. The van der Waals surface area contributed by atoms with Crippen LogP contribution in [0.4, 0.5) is 11.4 Å². The molecule has 2 aromatic carbocycles. The van der Waals surface area contributed by atoms with Crippen LogP contribution in [0, 0.1) is 11.3 Å². The summed E-state index contributed by atoms with van der Waals surface area (Å²) in [5.74, 6) is 0.221. The van der Waals surface area contributed by atoms with Crippen LogP contribution in [0.25, 0.3) is 0 Å². The molecule has 5 nitrogen and oxygen atoms in total. The second-order valence-corrected chi connectivity index (χ2v) is 4.36. The number of benzene rings is 2. The molecule has 0 unspecified atom stereocenters. The van der Waals surface area contributed by atoms with Crippen LogP contribution in [-0.4, -0.2) is 5.91 Å². The van der Waals surface area contributed by atoms with Gasteiger partial charge in [-0.1, -0.05) is 30.3 Å². The number of fused-ring (bicyclic) bond motifs is 1. The van der Waals surface area contributed by atoms with E-state index in [-0.39, 0.29) is 11.5 Å². The number of rotatable bonds is 2. The second-order valence-electron chi connectivity index (χ2n) is 4.36. The van der Waals surface area contributed by atoms with E-state index in [1.54, 1.807) is 30.3 Å². The van der Waals surface area contributed by atoms with Gasteiger partial charge < -0.3 is 15.4 Å². The van der Waals surface area contributed by atoms with Gasteiger partial charge in [0, 0.05) is 5.69 Å². The predicted molar refractivity (Wildman–Crippen MR) is 78.4 cm³/mol. The van der Waals surface area contributed by atoms with Gasteiger partial charge in [0.1, 0.15) is 6.07 Å². The minimum atomic E-state index is -0.515. The predicted octanol–water partition coefficient (Wildman–Crippen LogP) is 2.86. The van der Waals surface area contributed by atoms with Crippen molar-refractivity contribution in [3.05, 3.63) is 66.1 Å². The van der Waals surface area contributed by atoms with Crippen molar-refractivity contribution in [2.24, 2.45) is 0 Å². The molecule has 0 aromatic heterocycles. The van der Waals surface area contributed by atoms with Crippen LogP contribution in [0.5, 0.6) is 5.75 Å². The van der Waals surface area contributed by atoms with Crippen molar-refractivity contribution in [1.29, 1.82) is 5.26 Å². The average Bonchev–Trinajstić information content (AvgIpc) is 2.92. The van der Waals surface area contributed by atoms with E-state index >= 15 is 0 Å². The Morgan fingerprint density at radius 3 is 2.52 bits per heavy atom. The third kappa shape index (κ3) is 2.55. The number of anilines is 2.